The van der Waals surface area contributed by atoms with E-state index < -0.39 is 23.5 Å². The van der Waals surface area contributed by atoms with E-state index in [0.29, 0.717) is 11.1 Å². The van der Waals surface area contributed by atoms with Crippen molar-refractivity contribution < 1.29 is 26.3 Å². The molecule has 4 aromatic carbocycles. The zero-order chi connectivity index (χ0) is 25.5. The number of rotatable bonds is 3. The van der Waals surface area contributed by atoms with Crippen LogP contribution in [0.4, 0.5) is 37.7 Å². The van der Waals surface area contributed by atoms with Gasteiger partial charge in [0.25, 0.3) is 0 Å². The van der Waals surface area contributed by atoms with Crippen molar-refractivity contribution in [1.82, 2.24) is 0 Å². The van der Waals surface area contributed by atoms with Gasteiger partial charge in [-0.25, -0.2) is 0 Å². The summed E-state index contributed by atoms with van der Waals surface area (Å²) in [5, 5.41) is 0. The summed E-state index contributed by atoms with van der Waals surface area (Å²) < 4.78 is 83.0. The molecule has 0 aliphatic carbocycles. The summed E-state index contributed by atoms with van der Waals surface area (Å²) in [6, 6.07) is 18.2. The highest BCUT2D eigenvalue weighted by atomic mass is 19.4. The van der Waals surface area contributed by atoms with Crippen LogP contribution in [0.5, 0.6) is 0 Å². The lowest BCUT2D eigenvalue weighted by atomic mass is 9.87. The van der Waals surface area contributed by atoms with E-state index in [0.717, 1.165) is 17.7 Å². The van der Waals surface area contributed by atoms with Crippen LogP contribution in [0.3, 0.4) is 0 Å². The first-order valence-electron chi connectivity index (χ1n) is 10.5. The lowest BCUT2D eigenvalue weighted by Gasteiger charge is -2.19. The molecule has 0 heterocycles. The Morgan fingerprint density at radius 2 is 1.03 bits per heavy atom. The molecule has 0 spiro atoms. The molecule has 0 atom stereocenters. The van der Waals surface area contributed by atoms with E-state index in [-0.39, 0.29) is 33.6 Å². The van der Waals surface area contributed by atoms with Gasteiger partial charge in [0.2, 0.25) is 0 Å². The summed E-state index contributed by atoms with van der Waals surface area (Å²) in [4.78, 5) is 0. The number of halogens is 6. The number of nitrogens with two attached hydrogens (primary N) is 2. The molecule has 35 heavy (non-hydrogen) atoms. The average Bonchev–Trinajstić information content (AvgIpc) is 2.77. The predicted octanol–water partition coefficient (Wildman–Crippen LogP) is 8.20. The smallest absolute Gasteiger partial charge is 0.399 e. The summed E-state index contributed by atoms with van der Waals surface area (Å²) >= 11 is 0. The second kappa shape index (κ2) is 8.69. The Labute approximate surface area is 197 Å². The number of aryl methyl sites for hydroxylation is 1. The van der Waals surface area contributed by atoms with Crippen molar-refractivity contribution in [2.75, 3.05) is 11.5 Å². The van der Waals surface area contributed by atoms with Crippen molar-refractivity contribution >= 4 is 11.4 Å². The molecule has 0 aliphatic rings. The molecule has 0 bridgehead atoms. The minimum absolute atomic E-state index is 0.0479. The Hall–Kier alpha value is -3.94. The van der Waals surface area contributed by atoms with Crippen LogP contribution < -0.4 is 11.5 Å². The van der Waals surface area contributed by atoms with Crippen LogP contribution in [0, 0.1) is 6.92 Å². The lowest BCUT2D eigenvalue weighted by molar-refractivity contribution is -0.137. The maximum atomic E-state index is 13.9. The molecule has 2 nitrogen and oxygen atoms in total. The molecule has 0 unspecified atom stereocenters. The van der Waals surface area contributed by atoms with Crippen LogP contribution in [0.2, 0.25) is 0 Å². The van der Waals surface area contributed by atoms with Gasteiger partial charge >= 0.3 is 12.4 Å². The van der Waals surface area contributed by atoms with Gasteiger partial charge in [0.1, 0.15) is 0 Å². The highest BCUT2D eigenvalue weighted by Gasteiger charge is 2.36. The van der Waals surface area contributed by atoms with Gasteiger partial charge in [0, 0.05) is 11.4 Å². The fourth-order valence-electron chi connectivity index (χ4n) is 4.08. The molecule has 0 radical (unpaired) electrons. The Morgan fingerprint density at radius 1 is 0.514 bits per heavy atom. The van der Waals surface area contributed by atoms with Crippen molar-refractivity contribution in [1.29, 1.82) is 0 Å². The summed E-state index contributed by atoms with van der Waals surface area (Å²) in [6.07, 6.45) is -9.36. The summed E-state index contributed by atoms with van der Waals surface area (Å²) in [5.74, 6) is 0. The molecule has 0 saturated heterocycles. The minimum Gasteiger partial charge on any atom is -0.399 e. The molecule has 0 aromatic heterocycles. The highest BCUT2D eigenvalue weighted by Crippen LogP contribution is 2.44. The van der Waals surface area contributed by atoms with Crippen molar-refractivity contribution in [2.24, 2.45) is 0 Å². The standard InChI is InChI=1S/C27H20F6N2/c1-15-3-2-4-16(11-15)23-12-17(20-9-6-18(34)13-24(20)26(28,29)30)5-8-21(23)22-10-7-19(35)14-25(22)27(31,32)33/h2-14H,34-35H2,1H3. The zero-order valence-corrected chi connectivity index (χ0v) is 18.4. The van der Waals surface area contributed by atoms with Crippen molar-refractivity contribution in [2.45, 2.75) is 19.3 Å². The van der Waals surface area contributed by atoms with Gasteiger partial charge in [-0.1, -0.05) is 54.1 Å². The molecule has 4 aromatic rings. The fraction of sp³-hybridized carbons (Fsp3) is 0.111. The first-order chi connectivity index (χ1) is 16.3. The summed E-state index contributed by atoms with van der Waals surface area (Å²) in [6.45, 7) is 1.82. The molecule has 0 amide bonds. The quantitative estimate of drug-likeness (QED) is 0.227. The van der Waals surface area contributed by atoms with E-state index in [1.807, 2.05) is 13.0 Å². The van der Waals surface area contributed by atoms with E-state index in [1.54, 1.807) is 18.2 Å². The van der Waals surface area contributed by atoms with Gasteiger partial charge in [-0.05, 0) is 70.6 Å². The largest absolute Gasteiger partial charge is 0.417 e. The molecule has 0 saturated carbocycles. The molecular weight excluding hydrogens is 466 g/mol. The first kappa shape index (κ1) is 24.2. The second-order valence-corrected chi connectivity index (χ2v) is 8.24. The number of nitrogen functional groups attached to an aromatic ring is 2. The van der Waals surface area contributed by atoms with E-state index in [9.17, 15) is 26.3 Å². The Morgan fingerprint density at radius 3 is 1.60 bits per heavy atom. The Kier molecular flexibility index (Phi) is 6.00. The van der Waals surface area contributed by atoms with Gasteiger partial charge in [-0.15, -0.1) is 0 Å². The SMILES string of the molecule is Cc1cccc(-c2cc(-c3ccc(N)cc3C(F)(F)F)ccc2-c2ccc(N)cc2C(F)(F)F)c1. The van der Waals surface area contributed by atoms with Gasteiger partial charge in [0.05, 0.1) is 11.1 Å². The molecular formula is C27H20F6N2. The van der Waals surface area contributed by atoms with E-state index in [2.05, 4.69) is 0 Å². The molecule has 4 rings (SSSR count). The predicted molar refractivity (Wildman–Crippen MR) is 126 cm³/mol. The summed E-state index contributed by atoms with van der Waals surface area (Å²) in [5.41, 5.74) is 11.2. The number of benzene rings is 4. The number of alkyl halides is 6. The average molecular weight is 486 g/mol. The van der Waals surface area contributed by atoms with E-state index >= 15 is 0 Å². The maximum absolute atomic E-state index is 13.9. The minimum atomic E-state index is -4.69. The molecule has 0 aliphatic heterocycles. The molecule has 0 fully saturated rings. The topological polar surface area (TPSA) is 52.0 Å². The third-order valence-electron chi connectivity index (χ3n) is 5.65. The van der Waals surface area contributed by atoms with Crippen LogP contribution in [0.25, 0.3) is 33.4 Å². The van der Waals surface area contributed by atoms with E-state index in [4.69, 9.17) is 11.5 Å². The van der Waals surface area contributed by atoms with Gasteiger partial charge in [-0.3, -0.25) is 0 Å². The third kappa shape index (κ3) is 4.96. The van der Waals surface area contributed by atoms with Gasteiger partial charge in [0.15, 0.2) is 0 Å². The van der Waals surface area contributed by atoms with E-state index in [1.165, 1.54) is 42.5 Å². The third-order valence-corrected chi connectivity index (χ3v) is 5.65. The molecule has 4 N–H and O–H groups in total. The normalized spacial score (nSPS) is 12.1. The van der Waals surface area contributed by atoms with Gasteiger partial charge < -0.3 is 11.5 Å². The Bertz CT molecular complexity index is 1400. The maximum Gasteiger partial charge on any atom is 0.417 e. The first-order valence-corrected chi connectivity index (χ1v) is 10.5. The lowest BCUT2D eigenvalue weighted by Crippen LogP contribution is -2.09. The Balaban J connectivity index is 2.03. The monoisotopic (exact) mass is 486 g/mol. The van der Waals surface area contributed by atoms with Gasteiger partial charge in [-0.2, -0.15) is 26.3 Å². The van der Waals surface area contributed by atoms with Crippen LogP contribution in [-0.4, -0.2) is 0 Å². The van der Waals surface area contributed by atoms with Crippen molar-refractivity contribution in [3.05, 3.63) is 95.6 Å². The number of anilines is 2. The number of hydrogen-bond donors (Lipinski definition) is 2. The molecule has 180 valence electrons. The number of hydrogen-bond acceptors (Lipinski definition) is 2. The highest BCUT2D eigenvalue weighted by molar-refractivity contribution is 5.89. The van der Waals surface area contributed by atoms with Crippen LogP contribution in [0.15, 0.2) is 78.9 Å². The van der Waals surface area contributed by atoms with Crippen molar-refractivity contribution in [3.63, 3.8) is 0 Å². The fourth-order valence-corrected chi connectivity index (χ4v) is 4.08. The van der Waals surface area contributed by atoms with Crippen molar-refractivity contribution in [3.8, 4) is 33.4 Å². The summed E-state index contributed by atoms with van der Waals surface area (Å²) in [7, 11) is 0. The van der Waals surface area contributed by atoms with Crippen LogP contribution in [0.1, 0.15) is 16.7 Å². The zero-order valence-electron chi connectivity index (χ0n) is 18.4. The van der Waals surface area contributed by atoms with Crippen LogP contribution >= 0.6 is 0 Å². The van der Waals surface area contributed by atoms with Crippen LogP contribution in [-0.2, 0) is 12.4 Å². The second-order valence-electron chi connectivity index (χ2n) is 8.24. The molecule has 8 heteroatoms.